The summed E-state index contributed by atoms with van der Waals surface area (Å²) in [5.41, 5.74) is 2.52. The van der Waals surface area contributed by atoms with Crippen molar-refractivity contribution in [1.82, 2.24) is 4.98 Å². The second kappa shape index (κ2) is 10.3. The molecule has 9 heteroatoms. The first-order valence-electron chi connectivity index (χ1n) is 12.2. The van der Waals surface area contributed by atoms with Gasteiger partial charge in [-0.25, -0.2) is 0 Å². The second-order valence-electron chi connectivity index (χ2n) is 9.67. The van der Waals surface area contributed by atoms with Gasteiger partial charge in [0.1, 0.15) is 12.2 Å². The van der Waals surface area contributed by atoms with E-state index in [0.29, 0.717) is 5.56 Å². The van der Waals surface area contributed by atoms with Crippen molar-refractivity contribution >= 4 is 22.8 Å². The summed E-state index contributed by atoms with van der Waals surface area (Å²) in [5.74, 6) is -4.47. The molecule has 196 valence electrons. The third-order valence-corrected chi connectivity index (χ3v) is 6.92. The number of carbonyl (C=O) groups is 2. The number of aromatic amines is 1. The fraction of sp³-hybridized carbons (Fsp3) is 0.429. The molecule has 3 aromatic rings. The third kappa shape index (κ3) is 4.87. The first-order chi connectivity index (χ1) is 17.8. The molecule has 2 fully saturated rings. The molecular weight excluding hydrogens is 478 g/mol. The number of methoxy groups -OCH3 is 2. The van der Waals surface area contributed by atoms with Crippen molar-refractivity contribution in [1.29, 1.82) is 0 Å². The summed E-state index contributed by atoms with van der Waals surface area (Å²) in [6, 6.07) is 17.4. The average Bonchev–Trinajstić information content (AvgIpc) is 3.55. The van der Waals surface area contributed by atoms with Crippen LogP contribution < -0.4 is 0 Å². The number of fused-ring (bicyclic) bond motifs is 2. The van der Waals surface area contributed by atoms with Crippen LogP contribution in [0, 0.1) is 5.92 Å². The fourth-order valence-corrected chi connectivity index (χ4v) is 5.31. The minimum absolute atomic E-state index is 0.278. The predicted octanol–water partition coefficient (Wildman–Crippen LogP) is 3.68. The van der Waals surface area contributed by atoms with Crippen molar-refractivity contribution in [3.8, 4) is 0 Å². The van der Waals surface area contributed by atoms with Gasteiger partial charge >= 0.3 is 11.9 Å². The van der Waals surface area contributed by atoms with Crippen molar-refractivity contribution in [3.63, 3.8) is 0 Å². The van der Waals surface area contributed by atoms with Gasteiger partial charge in [0, 0.05) is 23.0 Å². The summed E-state index contributed by atoms with van der Waals surface area (Å²) in [6.45, 7) is 3.89. The van der Waals surface area contributed by atoms with E-state index in [0.717, 1.165) is 16.5 Å². The van der Waals surface area contributed by atoms with Gasteiger partial charge in [0.2, 0.25) is 0 Å². The van der Waals surface area contributed by atoms with Gasteiger partial charge in [0.05, 0.1) is 26.9 Å². The number of aromatic nitrogens is 1. The van der Waals surface area contributed by atoms with Crippen molar-refractivity contribution < 1.29 is 38.0 Å². The quantitative estimate of drug-likeness (QED) is 0.362. The highest BCUT2D eigenvalue weighted by Gasteiger charge is 2.60. The zero-order valence-electron chi connectivity index (χ0n) is 21.2. The molecule has 5 rings (SSSR count). The molecule has 0 aliphatic carbocycles. The van der Waals surface area contributed by atoms with E-state index in [-0.39, 0.29) is 6.61 Å². The molecule has 1 aromatic heterocycles. The Morgan fingerprint density at radius 2 is 1.65 bits per heavy atom. The summed E-state index contributed by atoms with van der Waals surface area (Å²) in [4.78, 5) is 29.4. The molecule has 0 amide bonds. The zero-order chi connectivity index (χ0) is 26.2. The molecule has 1 N–H and O–H groups in total. The Kier molecular flexibility index (Phi) is 7.04. The van der Waals surface area contributed by atoms with E-state index in [4.69, 9.17) is 28.4 Å². The number of H-pyrrole nitrogens is 1. The Labute approximate surface area is 214 Å². The van der Waals surface area contributed by atoms with Gasteiger partial charge < -0.3 is 33.4 Å². The Morgan fingerprint density at radius 1 is 0.973 bits per heavy atom. The van der Waals surface area contributed by atoms with E-state index < -0.39 is 54.2 Å². The van der Waals surface area contributed by atoms with Crippen LogP contribution in [-0.4, -0.2) is 61.5 Å². The lowest BCUT2D eigenvalue weighted by molar-refractivity contribution is -0.224. The predicted molar refractivity (Wildman–Crippen MR) is 132 cm³/mol. The van der Waals surface area contributed by atoms with E-state index >= 15 is 0 Å². The number of hydrogen-bond donors (Lipinski definition) is 1. The first-order valence-corrected chi connectivity index (χ1v) is 12.2. The molecule has 9 nitrogen and oxygen atoms in total. The van der Waals surface area contributed by atoms with E-state index in [1.54, 1.807) is 20.0 Å². The molecule has 2 aliphatic heterocycles. The van der Waals surface area contributed by atoms with Crippen molar-refractivity contribution in [2.45, 2.75) is 56.8 Å². The number of rotatable bonds is 8. The normalized spacial score (nSPS) is 25.2. The number of ether oxygens (including phenoxy) is 6. The Hall–Kier alpha value is -3.24. The molecule has 37 heavy (non-hydrogen) atoms. The van der Waals surface area contributed by atoms with Gasteiger partial charge in [-0.1, -0.05) is 48.5 Å². The van der Waals surface area contributed by atoms with Crippen LogP contribution in [0.15, 0.2) is 60.8 Å². The number of para-hydroxylation sites is 1. The summed E-state index contributed by atoms with van der Waals surface area (Å²) < 4.78 is 35.2. The van der Waals surface area contributed by atoms with E-state index in [2.05, 4.69) is 4.98 Å². The molecule has 2 saturated heterocycles. The van der Waals surface area contributed by atoms with Crippen molar-refractivity contribution in [2.24, 2.45) is 5.92 Å². The maximum atomic E-state index is 13.1. The molecule has 0 radical (unpaired) electrons. The van der Waals surface area contributed by atoms with Crippen LogP contribution in [0.5, 0.6) is 0 Å². The largest absolute Gasteiger partial charge is 0.468 e. The topological polar surface area (TPSA) is 105 Å². The minimum atomic E-state index is -1.31. The second-order valence-corrected chi connectivity index (χ2v) is 9.67. The van der Waals surface area contributed by atoms with Gasteiger partial charge in [-0.15, -0.1) is 0 Å². The lowest BCUT2D eigenvalue weighted by Crippen LogP contribution is -2.45. The summed E-state index contributed by atoms with van der Waals surface area (Å²) >= 11 is 0. The Morgan fingerprint density at radius 3 is 2.35 bits per heavy atom. The van der Waals surface area contributed by atoms with Gasteiger partial charge in [0.15, 0.2) is 18.0 Å². The van der Waals surface area contributed by atoms with E-state index in [9.17, 15) is 9.59 Å². The number of esters is 2. The number of nitrogens with one attached hydrogen (secondary N) is 1. The lowest BCUT2D eigenvalue weighted by atomic mass is 9.79. The van der Waals surface area contributed by atoms with E-state index in [1.807, 2.05) is 54.6 Å². The van der Waals surface area contributed by atoms with Crippen molar-refractivity contribution in [3.05, 3.63) is 71.9 Å². The molecule has 2 aliphatic rings. The van der Waals surface area contributed by atoms with Gasteiger partial charge in [-0.3, -0.25) is 9.59 Å². The number of hydrogen-bond acceptors (Lipinski definition) is 8. The molecule has 1 unspecified atom stereocenters. The monoisotopic (exact) mass is 509 g/mol. The lowest BCUT2D eigenvalue weighted by Gasteiger charge is -2.33. The van der Waals surface area contributed by atoms with Crippen LogP contribution in [0.2, 0.25) is 0 Å². The van der Waals surface area contributed by atoms with Crippen LogP contribution in [0.1, 0.15) is 30.9 Å². The van der Waals surface area contributed by atoms with Crippen LogP contribution in [-0.2, 0) is 44.6 Å². The standard InChI is InChI=1S/C28H31NO8/c1-28(2)36-24-23(34-15-16-10-6-5-7-11-16)22(35-27(24)37-28)20(21(25(30)32-3)26(31)33-4)18-14-29-19-13-9-8-12-17(18)19/h5-14,20-24,27,29H,15H2,1-4H3/t20?,22-,23+,24-,27-/m1/s1. The maximum Gasteiger partial charge on any atom is 0.320 e. The third-order valence-electron chi connectivity index (χ3n) is 6.92. The fourth-order valence-electron chi connectivity index (χ4n) is 5.31. The number of carbonyl (C=O) groups excluding carboxylic acids is 2. The highest BCUT2D eigenvalue weighted by Crippen LogP contribution is 2.47. The highest BCUT2D eigenvalue weighted by molar-refractivity contribution is 5.97. The van der Waals surface area contributed by atoms with Gasteiger partial charge in [-0.05, 0) is 31.0 Å². The minimum Gasteiger partial charge on any atom is -0.468 e. The smallest absolute Gasteiger partial charge is 0.320 e. The first kappa shape index (κ1) is 25.4. The molecule has 3 heterocycles. The van der Waals surface area contributed by atoms with Crippen molar-refractivity contribution in [2.75, 3.05) is 14.2 Å². The molecule has 5 atom stereocenters. The highest BCUT2D eigenvalue weighted by atomic mass is 16.8. The molecule has 0 spiro atoms. The molecule has 2 aromatic carbocycles. The van der Waals surface area contributed by atoms with Crippen LogP contribution in [0.25, 0.3) is 10.9 Å². The summed E-state index contributed by atoms with van der Waals surface area (Å²) in [5, 5.41) is 0.843. The maximum absolute atomic E-state index is 13.1. The number of benzene rings is 2. The van der Waals surface area contributed by atoms with Crippen LogP contribution in [0.3, 0.4) is 0 Å². The molecule has 0 saturated carbocycles. The average molecular weight is 510 g/mol. The van der Waals surface area contributed by atoms with Crippen LogP contribution >= 0.6 is 0 Å². The molecule has 0 bridgehead atoms. The zero-order valence-corrected chi connectivity index (χ0v) is 21.2. The van der Waals surface area contributed by atoms with Crippen LogP contribution in [0.4, 0.5) is 0 Å². The summed E-state index contributed by atoms with van der Waals surface area (Å²) in [7, 11) is 2.49. The summed E-state index contributed by atoms with van der Waals surface area (Å²) in [6.07, 6.45) is -0.998. The SMILES string of the molecule is COC(=O)C(C(=O)OC)C(c1c[nH]c2ccccc12)[C@H]1O[C@@H]2OC(C)(C)O[C@@H]2[C@H]1OCc1ccccc1. The Bertz CT molecular complexity index is 1240. The molecular formula is C28H31NO8. The van der Waals surface area contributed by atoms with Gasteiger partial charge in [0.25, 0.3) is 0 Å². The van der Waals surface area contributed by atoms with E-state index in [1.165, 1.54) is 14.2 Å². The Balaban J connectivity index is 1.59. The van der Waals surface area contributed by atoms with Gasteiger partial charge in [-0.2, -0.15) is 0 Å².